The van der Waals surface area contributed by atoms with Gasteiger partial charge in [0.2, 0.25) is 0 Å². The van der Waals surface area contributed by atoms with Gasteiger partial charge in [0.05, 0.1) is 13.2 Å². The summed E-state index contributed by atoms with van der Waals surface area (Å²) >= 11 is 0. The Balaban J connectivity index is 1.46. The second kappa shape index (κ2) is 11.4. The monoisotopic (exact) mass is 393 g/mol. The number of rotatable bonds is 9. The highest BCUT2D eigenvalue weighted by atomic mass is 16.5. The maximum absolute atomic E-state index is 11.4. The maximum Gasteiger partial charge on any atom is 0.330 e. The lowest BCUT2D eigenvalue weighted by Gasteiger charge is -2.26. The number of piperidine rings is 1. The fourth-order valence-electron chi connectivity index (χ4n) is 3.55. The van der Waals surface area contributed by atoms with Gasteiger partial charge in [-0.2, -0.15) is 0 Å². The normalized spacial score (nSPS) is 14.8. The van der Waals surface area contributed by atoms with Crippen LogP contribution in [0.15, 0.2) is 54.6 Å². The molecule has 1 saturated heterocycles. The number of carbonyl (C=O) groups is 1. The lowest BCUT2D eigenvalue weighted by atomic mass is 10.0. The van der Waals surface area contributed by atoms with E-state index in [0.717, 1.165) is 42.0 Å². The zero-order valence-corrected chi connectivity index (χ0v) is 17.3. The van der Waals surface area contributed by atoms with E-state index in [0.29, 0.717) is 6.61 Å². The Labute approximate surface area is 174 Å². The number of ether oxygens (including phenoxy) is 2. The van der Waals surface area contributed by atoms with E-state index in [1.165, 1.54) is 38.4 Å². The summed E-state index contributed by atoms with van der Waals surface area (Å²) in [6.07, 6.45) is 8.35. The molecule has 3 rings (SSSR count). The van der Waals surface area contributed by atoms with Crippen molar-refractivity contribution in [3.63, 3.8) is 0 Å². The zero-order valence-electron chi connectivity index (χ0n) is 17.3. The van der Waals surface area contributed by atoms with Gasteiger partial charge in [0.1, 0.15) is 5.75 Å². The Bertz CT molecular complexity index is 775. The van der Waals surface area contributed by atoms with E-state index in [-0.39, 0.29) is 5.97 Å². The van der Waals surface area contributed by atoms with Gasteiger partial charge in [0.15, 0.2) is 0 Å². The molecule has 4 nitrogen and oxygen atoms in total. The predicted molar refractivity (Wildman–Crippen MR) is 118 cm³/mol. The largest absolute Gasteiger partial charge is 0.494 e. The molecule has 4 heteroatoms. The van der Waals surface area contributed by atoms with Gasteiger partial charge in [-0.25, -0.2) is 4.79 Å². The maximum atomic E-state index is 11.4. The van der Waals surface area contributed by atoms with Gasteiger partial charge < -0.3 is 14.4 Å². The first-order valence-electron chi connectivity index (χ1n) is 10.6. The highest BCUT2D eigenvalue weighted by molar-refractivity contribution is 5.87. The fourth-order valence-corrected chi connectivity index (χ4v) is 3.55. The van der Waals surface area contributed by atoms with Crippen LogP contribution in [0.2, 0.25) is 0 Å². The first-order chi connectivity index (χ1) is 14.2. The topological polar surface area (TPSA) is 38.8 Å². The molecule has 1 aliphatic heterocycles. The van der Waals surface area contributed by atoms with Crippen molar-refractivity contribution in [2.24, 2.45) is 0 Å². The zero-order chi connectivity index (χ0) is 20.3. The molecule has 29 heavy (non-hydrogen) atoms. The van der Waals surface area contributed by atoms with E-state index >= 15 is 0 Å². The van der Waals surface area contributed by atoms with Crippen LogP contribution in [-0.4, -0.2) is 43.7 Å². The van der Waals surface area contributed by atoms with E-state index in [9.17, 15) is 4.79 Å². The van der Waals surface area contributed by atoms with Crippen molar-refractivity contribution in [3.8, 4) is 16.9 Å². The quantitative estimate of drug-likeness (QED) is 0.334. The fraction of sp³-hybridized carbons (Fsp3) is 0.400. The minimum atomic E-state index is -0.317. The molecule has 154 valence electrons. The smallest absolute Gasteiger partial charge is 0.330 e. The summed E-state index contributed by atoms with van der Waals surface area (Å²) in [5.74, 6) is 0.601. The van der Waals surface area contributed by atoms with E-state index in [1.807, 2.05) is 24.3 Å². The van der Waals surface area contributed by atoms with Gasteiger partial charge >= 0.3 is 5.97 Å². The molecule has 0 radical (unpaired) electrons. The molecule has 0 saturated carbocycles. The Morgan fingerprint density at radius 3 is 2.28 bits per heavy atom. The lowest BCUT2D eigenvalue weighted by molar-refractivity contribution is -0.137. The van der Waals surface area contributed by atoms with Crippen LogP contribution in [0.3, 0.4) is 0 Å². The summed E-state index contributed by atoms with van der Waals surface area (Å²) in [7, 11) is 0. The third kappa shape index (κ3) is 7.06. The van der Waals surface area contributed by atoms with Crippen molar-refractivity contribution < 1.29 is 14.3 Å². The number of benzene rings is 2. The van der Waals surface area contributed by atoms with Crippen LogP contribution in [-0.2, 0) is 9.53 Å². The van der Waals surface area contributed by atoms with Crippen molar-refractivity contribution >= 4 is 12.0 Å². The number of nitrogens with zero attached hydrogens (tertiary/aromatic N) is 1. The predicted octanol–water partition coefficient (Wildman–Crippen LogP) is 5.18. The molecule has 2 aromatic carbocycles. The van der Waals surface area contributed by atoms with Crippen molar-refractivity contribution in [1.29, 1.82) is 0 Å². The highest BCUT2D eigenvalue weighted by Gasteiger charge is 2.09. The standard InChI is InChI=1S/C25H31NO3/c1-2-28-25(27)16-9-21-7-10-22(11-8-21)23-12-14-24(15-13-23)29-20-6-19-26-17-4-3-5-18-26/h7-16H,2-6,17-20H2,1H3/b16-9+. The van der Waals surface area contributed by atoms with Crippen LogP contribution in [0.5, 0.6) is 5.75 Å². The summed E-state index contributed by atoms with van der Waals surface area (Å²) in [6, 6.07) is 16.3. The Morgan fingerprint density at radius 1 is 0.966 bits per heavy atom. The van der Waals surface area contributed by atoms with Gasteiger partial charge in [-0.1, -0.05) is 42.8 Å². The summed E-state index contributed by atoms with van der Waals surface area (Å²) in [5.41, 5.74) is 3.25. The van der Waals surface area contributed by atoms with Crippen molar-refractivity contribution in [1.82, 2.24) is 4.90 Å². The Morgan fingerprint density at radius 2 is 1.62 bits per heavy atom. The third-order valence-electron chi connectivity index (χ3n) is 5.13. The summed E-state index contributed by atoms with van der Waals surface area (Å²) in [4.78, 5) is 13.9. The van der Waals surface area contributed by atoms with Crippen LogP contribution in [0.25, 0.3) is 17.2 Å². The van der Waals surface area contributed by atoms with Gasteiger partial charge in [-0.05, 0) is 74.2 Å². The molecule has 0 amide bonds. The molecule has 0 aliphatic carbocycles. The first kappa shape index (κ1) is 21.1. The summed E-state index contributed by atoms with van der Waals surface area (Å²) in [6.45, 7) is 6.57. The molecule has 1 heterocycles. The van der Waals surface area contributed by atoms with Crippen LogP contribution < -0.4 is 4.74 Å². The van der Waals surface area contributed by atoms with E-state index in [1.54, 1.807) is 13.0 Å². The van der Waals surface area contributed by atoms with Crippen LogP contribution >= 0.6 is 0 Å². The number of hydrogen-bond donors (Lipinski definition) is 0. The Hall–Kier alpha value is -2.59. The SMILES string of the molecule is CCOC(=O)/C=C/c1ccc(-c2ccc(OCCCN3CCCCC3)cc2)cc1. The average molecular weight is 394 g/mol. The third-order valence-corrected chi connectivity index (χ3v) is 5.13. The molecule has 0 N–H and O–H groups in total. The molecule has 0 unspecified atom stereocenters. The van der Waals surface area contributed by atoms with Crippen molar-refractivity contribution in [2.45, 2.75) is 32.6 Å². The molecule has 1 fully saturated rings. The van der Waals surface area contributed by atoms with Gasteiger partial charge in [-0.15, -0.1) is 0 Å². The van der Waals surface area contributed by atoms with E-state index in [4.69, 9.17) is 9.47 Å². The summed E-state index contributed by atoms with van der Waals surface area (Å²) in [5, 5.41) is 0. The van der Waals surface area contributed by atoms with Crippen molar-refractivity contribution in [2.75, 3.05) is 32.8 Å². The van der Waals surface area contributed by atoms with E-state index < -0.39 is 0 Å². The second-order valence-corrected chi connectivity index (χ2v) is 7.34. The average Bonchev–Trinajstić information content (AvgIpc) is 2.77. The first-order valence-corrected chi connectivity index (χ1v) is 10.6. The molecule has 0 spiro atoms. The van der Waals surface area contributed by atoms with E-state index in [2.05, 4.69) is 29.2 Å². The highest BCUT2D eigenvalue weighted by Crippen LogP contribution is 2.23. The second-order valence-electron chi connectivity index (χ2n) is 7.34. The molecule has 0 aromatic heterocycles. The Kier molecular flexibility index (Phi) is 8.32. The van der Waals surface area contributed by atoms with Crippen molar-refractivity contribution in [3.05, 3.63) is 60.2 Å². The minimum absolute atomic E-state index is 0.317. The van der Waals surface area contributed by atoms with Gasteiger partial charge in [0, 0.05) is 12.6 Å². The number of hydrogen-bond acceptors (Lipinski definition) is 4. The number of likely N-dealkylation sites (tertiary alicyclic amines) is 1. The lowest BCUT2D eigenvalue weighted by Crippen LogP contribution is -2.31. The molecule has 1 aliphatic rings. The molecule has 0 atom stereocenters. The number of esters is 1. The van der Waals surface area contributed by atoms with Crippen LogP contribution in [0.1, 0.15) is 38.2 Å². The van der Waals surface area contributed by atoms with Crippen LogP contribution in [0.4, 0.5) is 0 Å². The molecular weight excluding hydrogens is 362 g/mol. The molecule has 2 aromatic rings. The summed E-state index contributed by atoms with van der Waals surface area (Å²) < 4.78 is 10.8. The molecular formula is C25H31NO3. The molecule has 0 bridgehead atoms. The van der Waals surface area contributed by atoms with Crippen LogP contribution in [0, 0.1) is 0 Å². The minimum Gasteiger partial charge on any atom is -0.494 e. The number of carbonyl (C=O) groups excluding carboxylic acids is 1. The van der Waals surface area contributed by atoms with Gasteiger partial charge in [-0.3, -0.25) is 0 Å². The van der Waals surface area contributed by atoms with Gasteiger partial charge in [0.25, 0.3) is 0 Å².